The largest absolute Gasteiger partial charge is 0.481 e. The number of aromatic amines is 1. The van der Waals surface area contributed by atoms with Crippen molar-refractivity contribution in [2.75, 3.05) is 55.9 Å². The Balaban J connectivity index is 0.903. The molecule has 5 heterocycles. The van der Waals surface area contributed by atoms with Crippen LogP contribution in [0.3, 0.4) is 0 Å². The number of nitrogens with two attached hydrogens (primary N) is 4. The highest BCUT2D eigenvalue weighted by atomic mass is 33.1. The summed E-state index contributed by atoms with van der Waals surface area (Å²) in [5, 5.41) is 59.7. The topological polar surface area (TPSA) is 602 Å². The van der Waals surface area contributed by atoms with Gasteiger partial charge in [0.05, 0.1) is 54.6 Å². The molecule has 3 aromatic rings. The standard InChI is InChI=1S/C52H64N18O19S2/c1-88-52-24(19-89-51(56)87)36-38(70(52)18-30-40(52)63-30)32(71)13-27(39(36)77)57-11-12-90-91-20-31(48(85)86)67-45(81)29(15-35(75)76)66-43(79)25(3-2-10-58-49(53)54)64-44(80)28(14-34(73)74)62-33(72)9-8-26(47(83)84)65-42(78)21-4-6-22(7-5-21)59-16-23-17-60-41-37(61-23)46(82)69-50(55)68-41/h4-7,13,17,24-26,28-31,40,57,59,63H,2-3,8-12,14-16,18-20H2,1H3,(H2,56,87)(H,62,72)(H,64,80)(H,65,78)(H,66,79)(H,67,81)(H,73,74)(H,75,76)(H,83,84)(H,85,86)(H4,53,54,58)(H3,55,60,68,69,82)/t24-,25+,26+,28+,29+,30+,31+,40+,52-/m1/s1. The van der Waals surface area contributed by atoms with E-state index in [2.05, 4.69) is 67.5 Å². The molecule has 2 saturated heterocycles. The van der Waals surface area contributed by atoms with Crippen molar-refractivity contribution in [1.29, 1.82) is 0 Å². The number of hydrogen-bond acceptors (Lipinski definition) is 26. The van der Waals surface area contributed by atoms with Crippen molar-refractivity contribution >= 4 is 121 Å². The number of primary amides is 1. The SMILES string of the molecule is CO[C@@]12[C@H](COC(N)=O)C3=C(C(=O)C=C(NCCSSC[C@H](NC(=O)[C@H](CC(=O)O)NC(=O)[C@H](CCCN=C(N)N)NC(=O)[C@H](CC(=O)O)NC(=O)CC[C@H](NC(=O)c4ccc(NCc5cnc6nc(N)[nH]c(=O)c6n5)cc4)C(=O)O)C(=O)O)C3=O)N1C[C@@H]1N[C@@H]12. The minimum atomic E-state index is -1.99. The number of rotatable bonds is 35. The quantitative estimate of drug-likeness (QED) is 0.00654. The van der Waals surface area contributed by atoms with E-state index in [0.717, 1.165) is 27.7 Å². The first-order valence-corrected chi connectivity index (χ1v) is 30.0. The zero-order chi connectivity index (χ0) is 66.4. The predicted octanol–water partition coefficient (Wildman–Crippen LogP) is -5.12. The van der Waals surface area contributed by atoms with Gasteiger partial charge in [0.1, 0.15) is 36.8 Å². The molecule has 91 heavy (non-hydrogen) atoms. The number of carboxylic acid groups (broad SMARTS) is 4. The number of ketones is 2. The number of Topliss-reactive ketones (excluding diaryl/α,β-unsaturated/α-hetero) is 1. The number of aliphatic carboxylic acids is 4. The van der Waals surface area contributed by atoms with E-state index in [4.69, 9.17) is 32.4 Å². The second-order valence-electron chi connectivity index (χ2n) is 20.7. The molecular formula is C52H64N18O19S2. The number of carbonyl (C=O) groups is 12. The van der Waals surface area contributed by atoms with Crippen molar-refractivity contribution in [3.63, 3.8) is 0 Å². The molecule has 3 aliphatic heterocycles. The van der Waals surface area contributed by atoms with Gasteiger partial charge < -0.3 is 100 Å². The zero-order valence-corrected chi connectivity index (χ0v) is 49.7. The summed E-state index contributed by atoms with van der Waals surface area (Å²) >= 11 is 0. The van der Waals surface area contributed by atoms with Crippen LogP contribution in [0.4, 0.5) is 16.4 Å². The van der Waals surface area contributed by atoms with Gasteiger partial charge in [-0.15, -0.1) is 0 Å². The molecule has 21 N–H and O–H groups in total. The predicted molar refractivity (Wildman–Crippen MR) is 318 cm³/mol. The number of piperazine rings is 1. The van der Waals surface area contributed by atoms with Crippen molar-refractivity contribution < 1.29 is 87.4 Å². The molecule has 488 valence electrons. The van der Waals surface area contributed by atoms with Crippen LogP contribution in [-0.2, 0) is 64.0 Å². The highest BCUT2D eigenvalue weighted by Gasteiger charge is 2.72. The van der Waals surface area contributed by atoms with E-state index in [1.54, 1.807) is 4.90 Å². The van der Waals surface area contributed by atoms with Crippen molar-refractivity contribution in [2.24, 2.45) is 28.1 Å². The molecule has 37 nitrogen and oxygen atoms in total. The number of nitrogen functional groups attached to an aromatic ring is 1. The average molecular weight is 1310 g/mol. The van der Waals surface area contributed by atoms with E-state index in [1.807, 2.05) is 0 Å². The average Bonchev–Trinajstić information content (AvgIpc) is 1.51. The Kier molecular flexibility index (Phi) is 22.8. The number of guanidine groups is 1. The van der Waals surface area contributed by atoms with Gasteiger partial charge in [-0.25, -0.2) is 24.4 Å². The second-order valence-corrected chi connectivity index (χ2v) is 23.3. The molecule has 4 aliphatic rings. The lowest BCUT2D eigenvalue weighted by molar-refractivity contribution is -0.143. The van der Waals surface area contributed by atoms with E-state index in [-0.39, 0.29) is 108 Å². The molecule has 0 radical (unpaired) electrons. The summed E-state index contributed by atoms with van der Waals surface area (Å²) in [6.07, 6.45) is -2.50. The van der Waals surface area contributed by atoms with Crippen molar-refractivity contribution in [1.82, 2.24) is 62.1 Å². The maximum Gasteiger partial charge on any atom is 0.404 e. The van der Waals surface area contributed by atoms with Crippen LogP contribution in [0.2, 0.25) is 0 Å². The Labute approximate surface area is 521 Å². The third kappa shape index (κ3) is 17.4. The lowest BCUT2D eigenvalue weighted by Crippen LogP contribution is -2.58. The number of H-pyrrole nitrogens is 1. The Hall–Kier alpha value is -10.2. The number of benzene rings is 1. The van der Waals surface area contributed by atoms with Crippen molar-refractivity contribution in [3.05, 3.63) is 75.1 Å². The van der Waals surface area contributed by atoms with Gasteiger partial charge in [-0.2, -0.15) is 4.98 Å². The molecule has 0 unspecified atom stereocenters. The highest BCUT2D eigenvalue weighted by molar-refractivity contribution is 8.76. The highest BCUT2D eigenvalue weighted by Crippen LogP contribution is 2.55. The van der Waals surface area contributed by atoms with E-state index in [1.165, 1.54) is 37.6 Å². The molecule has 1 aliphatic carbocycles. The van der Waals surface area contributed by atoms with E-state index < -0.39 is 144 Å². The van der Waals surface area contributed by atoms with Gasteiger partial charge in [-0.05, 0) is 43.5 Å². The van der Waals surface area contributed by atoms with E-state index >= 15 is 0 Å². The number of amides is 6. The summed E-state index contributed by atoms with van der Waals surface area (Å²) in [5.41, 5.74) is 20.8. The Morgan fingerprint density at radius 2 is 1.46 bits per heavy atom. The number of fused-ring (bicyclic) bond motifs is 5. The third-order valence-corrected chi connectivity index (χ3v) is 16.9. The molecule has 39 heteroatoms. The smallest absolute Gasteiger partial charge is 0.404 e. The number of allylic oxidation sites excluding steroid dienone is 2. The number of aromatic nitrogens is 4. The first kappa shape index (κ1) is 68.3. The second kappa shape index (κ2) is 30.4. The summed E-state index contributed by atoms with van der Waals surface area (Å²) in [6.45, 7) is 0.0154. The summed E-state index contributed by atoms with van der Waals surface area (Å²) in [6, 6.07) is -3.63. The first-order chi connectivity index (χ1) is 43.2. The van der Waals surface area contributed by atoms with Crippen LogP contribution >= 0.6 is 21.6 Å². The Morgan fingerprint density at radius 1 is 0.813 bits per heavy atom. The van der Waals surface area contributed by atoms with Gasteiger partial charge in [0.15, 0.2) is 22.8 Å². The van der Waals surface area contributed by atoms with Gasteiger partial charge in [-0.1, -0.05) is 21.6 Å². The van der Waals surface area contributed by atoms with Crippen LogP contribution in [-0.4, -0.2) is 215 Å². The van der Waals surface area contributed by atoms with Crippen LogP contribution in [0.25, 0.3) is 11.2 Å². The number of methoxy groups -OCH3 is 1. The fourth-order valence-electron chi connectivity index (χ4n) is 10.2. The number of nitrogens with zero attached hydrogens (tertiary/aromatic N) is 5. The molecule has 7 rings (SSSR count). The molecule has 6 amide bonds. The summed E-state index contributed by atoms with van der Waals surface area (Å²) in [7, 11) is 3.46. The molecule has 0 bridgehead atoms. The maximum absolute atomic E-state index is 13.9. The number of anilines is 2. The fourth-order valence-corrected chi connectivity index (χ4v) is 12.3. The first-order valence-electron chi connectivity index (χ1n) is 27.6. The normalized spacial score (nSPS) is 19.3. The van der Waals surface area contributed by atoms with Gasteiger partial charge in [0, 0.05) is 73.6 Å². The minimum Gasteiger partial charge on any atom is -0.481 e. The Bertz CT molecular complexity index is 3550. The molecule has 9 atom stereocenters. The third-order valence-electron chi connectivity index (χ3n) is 14.4. The summed E-state index contributed by atoms with van der Waals surface area (Å²) in [5.74, 6) is -14.7. The van der Waals surface area contributed by atoms with Crippen LogP contribution in [0.5, 0.6) is 0 Å². The van der Waals surface area contributed by atoms with E-state index in [0.29, 0.717) is 17.9 Å². The molecule has 1 aromatic carbocycles. The fraction of sp³-hybridized carbons (Fsp3) is 0.442. The summed E-state index contributed by atoms with van der Waals surface area (Å²) in [4.78, 5) is 188. The van der Waals surface area contributed by atoms with Gasteiger partial charge >= 0.3 is 30.0 Å². The van der Waals surface area contributed by atoms with Crippen molar-refractivity contribution in [3.8, 4) is 0 Å². The number of ether oxygens (including phenoxy) is 2. The lowest BCUT2D eigenvalue weighted by atomic mass is 9.84. The monoisotopic (exact) mass is 1310 g/mol. The number of carboxylic acids is 4. The number of aliphatic imine (C=N–C) groups is 1. The summed E-state index contributed by atoms with van der Waals surface area (Å²) < 4.78 is 11.1. The maximum atomic E-state index is 13.9. The number of nitrogens with one attached hydrogen (secondary N) is 9. The van der Waals surface area contributed by atoms with Crippen LogP contribution in [0.1, 0.15) is 54.6 Å². The van der Waals surface area contributed by atoms with Gasteiger partial charge in [0.25, 0.3) is 11.5 Å². The molecule has 2 aromatic heterocycles. The molecule has 0 saturated carbocycles. The number of hydrogen-bond donors (Lipinski definition) is 17. The van der Waals surface area contributed by atoms with Crippen LogP contribution < -0.4 is 71.0 Å². The lowest BCUT2D eigenvalue weighted by Gasteiger charge is -2.39. The molecular weight excluding hydrogens is 1240 g/mol. The van der Waals surface area contributed by atoms with E-state index in [9.17, 15) is 82.8 Å². The zero-order valence-electron chi connectivity index (χ0n) is 48.0. The molecule has 2 fully saturated rings. The van der Waals surface area contributed by atoms with Crippen LogP contribution in [0, 0.1) is 5.92 Å². The van der Waals surface area contributed by atoms with Gasteiger partial charge in [-0.3, -0.25) is 57.9 Å². The minimum absolute atomic E-state index is 0.00345. The Morgan fingerprint density at radius 3 is 2.10 bits per heavy atom. The molecule has 0 spiro atoms. The van der Waals surface area contributed by atoms with Gasteiger partial charge in [0.2, 0.25) is 41.1 Å². The van der Waals surface area contributed by atoms with Crippen LogP contribution in [0.15, 0.2) is 63.3 Å². The number of carbonyl (C=O) groups excluding carboxylic acids is 8. The van der Waals surface area contributed by atoms with Crippen molar-refractivity contribution in [2.45, 2.75) is 93.1 Å².